The second-order valence-electron chi connectivity index (χ2n) is 5.70. The van der Waals surface area contributed by atoms with Gasteiger partial charge in [0.25, 0.3) is 0 Å². The van der Waals surface area contributed by atoms with Crippen molar-refractivity contribution in [2.75, 3.05) is 10.6 Å². The highest BCUT2D eigenvalue weighted by Crippen LogP contribution is 2.31. The molecule has 2 N–H and O–H groups in total. The first-order valence-electron chi connectivity index (χ1n) is 7.22. The molecule has 1 aromatic carbocycles. The minimum Gasteiger partial charge on any atom is -0.352 e. The van der Waals surface area contributed by atoms with Crippen LogP contribution in [0.3, 0.4) is 0 Å². The van der Waals surface area contributed by atoms with Gasteiger partial charge in [0.05, 0.1) is 0 Å². The maximum atomic E-state index is 13.0. The van der Waals surface area contributed by atoms with Gasteiger partial charge in [-0.15, -0.1) is 0 Å². The zero-order chi connectivity index (χ0) is 17.2. The van der Waals surface area contributed by atoms with Gasteiger partial charge in [-0.25, -0.2) is 4.98 Å². The number of nitrogens with zero attached hydrogens (tertiary/aromatic N) is 2. The van der Waals surface area contributed by atoms with Crippen LogP contribution in [0.15, 0.2) is 24.3 Å². The number of alkyl halides is 3. The van der Waals surface area contributed by atoms with Crippen molar-refractivity contribution < 1.29 is 13.2 Å². The molecule has 1 heterocycles. The average molecular weight is 324 g/mol. The zero-order valence-corrected chi connectivity index (χ0v) is 13.4. The van der Waals surface area contributed by atoms with Crippen molar-refractivity contribution in [1.29, 1.82) is 0 Å². The van der Waals surface area contributed by atoms with E-state index in [2.05, 4.69) is 20.6 Å². The molecule has 0 spiro atoms. The van der Waals surface area contributed by atoms with Gasteiger partial charge in [-0.1, -0.05) is 12.1 Å². The molecule has 0 aliphatic rings. The average Bonchev–Trinajstić information content (AvgIpc) is 2.41. The van der Waals surface area contributed by atoms with Crippen LogP contribution in [0.5, 0.6) is 0 Å². The predicted molar refractivity (Wildman–Crippen MR) is 85.0 cm³/mol. The van der Waals surface area contributed by atoms with E-state index in [4.69, 9.17) is 0 Å². The summed E-state index contributed by atoms with van der Waals surface area (Å²) in [6.07, 6.45) is -4.53. The van der Waals surface area contributed by atoms with E-state index in [-0.39, 0.29) is 17.8 Å². The van der Waals surface area contributed by atoms with Crippen molar-refractivity contribution in [2.24, 2.45) is 0 Å². The van der Waals surface area contributed by atoms with Gasteiger partial charge in [0.1, 0.15) is 5.82 Å². The molecule has 0 radical (unpaired) electrons. The summed E-state index contributed by atoms with van der Waals surface area (Å²) in [5, 5.41) is 5.76. The fraction of sp³-hybridized carbons (Fsp3) is 0.375. The molecule has 0 unspecified atom stereocenters. The molecule has 0 atom stereocenters. The normalized spacial score (nSPS) is 11.7. The van der Waals surface area contributed by atoms with Crippen LogP contribution in [0.2, 0.25) is 0 Å². The molecule has 23 heavy (non-hydrogen) atoms. The number of aromatic nitrogens is 2. The van der Waals surface area contributed by atoms with Gasteiger partial charge in [0.2, 0.25) is 5.95 Å². The third-order valence-electron chi connectivity index (χ3n) is 3.09. The molecule has 2 rings (SSSR count). The smallest absolute Gasteiger partial charge is 0.352 e. The van der Waals surface area contributed by atoms with Crippen molar-refractivity contribution in [2.45, 2.75) is 39.9 Å². The Labute approximate surface area is 133 Å². The van der Waals surface area contributed by atoms with Crippen LogP contribution in [0, 0.1) is 13.8 Å². The molecule has 1 aromatic heterocycles. The van der Waals surface area contributed by atoms with Gasteiger partial charge in [0, 0.05) is 17.8 Å². The van der Waals surface area contributed by atoms with Crippen LogP contribution in [-0.2, 0) is 6.18 Å². The fourth-order valence-electron chi connectivity index (χ4n) is 1.99. The molecule has 2 aromatic rings. The molecular weight excluding hydrogens is 305 g/mol. The van der Waals surface area contributed by atoms with Crippen LogP contribution in [0.4, 0.5) is 30.6 Å². The SMILES string of the molecule is Cc1ccc(C)c(Nc2cc(C(F)(F)F)nc(NC(C)C)n2)c1. The number of benzene rings is 1. The third kappa shape index (κ3) is 4.58. The van der Waals surface area contributed by atoms with Crippen LogP contribution < -0.4 is 10.6 Å². The highest BCUT2D eigenvalue weighted by Gasteiger charge is 2.33. The van der Waals surface area contributed by atoms with Crippen molar-refractivity contribution >= 4 is 17.5 Å². The molecule has 4 nitrogen and oxygen atoms in total. The monoisotopic (exact) mass is 324 g/mol. The van der Waals surface area contributed by atoms with E-state index in [0.29, 0.717) is 5.69 Å². The van der Waals surface area contributed by atoms with Crippen LogP contribution in [0.25, 0.3) is 0 Å². The van der Waals surface area contributed by atoms with Gasteiger partial charge < -0.3 is 10.6 Å². The summed E-state index contributed by atoms with van der Waals surface area (Å²) in [4.78, 5) is 7.66. The largest absolute Gasteiger partial charge is 0.433 e. The van der Waals surface area contributed by atoms with Crippen LogP contribution >= 0.6 is 0 Å². The van der Waals surface area contributed by atoms with E-state index in [9.17, 15) is 13.2 Å². The summed E-state index contributed by atoms with van der Waals surface area (Å²) in [5.74, 6) is 0.0480. The summed E-state index contributed by atoms with van der Waals surface area (Å²) in [7, 11) is 0. The molecule has 0 aliphatic heterocycles. The lowest BCUT2D eigenvalue weighted by molar-refractivity contribution is -0.141. The van der Waals surface area contributed by atoms with E-state index in [1.165, 1.54) is 0 Å². The van der Waals surface area contributed by atoms with E-state index in [1.807, 2.05) is 32.0 Å². The van der Waals surface area contributed by atoms with Crippen molar-refractivity contribution in [3.63, 3.8) is 0 Å². The van der Waals surface area contributed by atoms with Gasteiger partial charge >= 0.3 is 6.18 Å². The predicted octanol–water partition coefficient (Wildman–Crippen LogP) is 4.68. The first-order valence-corrected chi connectivity index (χ1v) is 7.22. The maximum absolute atomic E-state index is 13.0. The Bertz CT molecular complexity index is 696. The lowest BCUT2D eigenvalue weighted by atomic mass is 10.1. The van der Waals surface area contributed by atoms with Crippen LogP contribution in [-0.4, -0.2) is 16.0 Å². The number of hydrogen-bond acceptors (Lipinski definition) is 4. The summed E-state index contributed by atoms with van der Waals surface area (Å²) in [6, 6.07) is 6.53. The number of anilines is 3. The molecule has 0 aliphatic carbocycles. The second-order valence-corrected chi connectivity index (χ2v) is 5.70. The number of nitrogens with one attached hydrogen (secondary N) is 2. The molecule has 124 valence electrons. The second kappa shape index (κ2) is 6.44. The molecular formula is C16H19F3N4. The molecule has 0 saturated heterocycles. The highest BCUT2D eigenvalue weighted by atomic mass is 19.4. The van der Waals surface area contributed by atoms with E-state index in [1.54, 1.807) is 13.8 Å². The lowest BCUT2D eigenvalue weighted by Crippen LogP contribution is -2.17. The number of halogens is 3. The lowest BCUT2D eigenvalue weighted by Gasteiger charge is -2.15. The Kier molecular flexibility index (Phi) is 4.77. The molecule has 0 bridgehead atoms. The van der Waals surface area contributed by atoms with Gasteiger partial charge in [0.15, 0.2) is 5.69 Å². The van der Waals surface area contributed by atoms with Crippen molar-refractivity contribution in [1.82, 2.24) is 9.97 Å². The summed E-state index contributed by atoms with van der Waals surface area (Å²) in [5.41, 5.74) is 1.65. The molecule has 0 fully saturated rings. The van der Waals surface area contributed by atoms with E-state index >= 15 is 0 Å². The standard InChI is InChI=1S/C16H19F3N4/c1-9(2)20-15-22-13(16(17,18)19)8-14(23-15)21-12-7-10(3)5-6-11(12)4/h5-9H,1-4H3,(H2,20,21,22,23). The van der Waals surface area contributed by atoms with Gasteiger partial charge in [-0.05, 0) is 44.9 Å². The summed E-state index contributed by atoms with van der Waals surface area (Å²) in [6.45, 7) is 7.40. The van der Waals surface area contributed by atoms with Crippen LogP contribution in [0.1, 0.15) is 30.7 Å². The van der Waals surface area contributed by atoms with E-state index < -0.39 is 11.9 Å². The minimum absolute atomic E-state index is 0.0531. The molecule has 7 heteroatoms. The quantitative estimate of drug-likeness (QED) is 0.857. The fourth-order valence-corrected chi connectivity index (χ4v) is 1.99. The number of hydrogen-bond donors (Lipinski definition) is 2. The highest BCUT2D eigenvalue weighted by molar-refractivity contribution is 5.62. The Morgan fingerprint density at radius 3 is 2.35 bits per heavy atom. The number of rotatable bonds is 4. The first kappa shape index (κ1) is 17.1. The summed E-state index contributed by atoms with van der Waals surface area (Å²) >= 11 is 0. The van der Waals surface area contributed by atoms with Gasteiger partial charge in [-0.2, -0.15) is 18.2 Å². The Balaban J connectivity index is 2.42. The van der Waals surface area contributed by atoms with Crippen molar-refractivity contribution in [3.8, 4) is 0 Å². The maximum Gasteiger partial charge on any atom is 0.433 e. The van der Waals surface area contributed by atoms with Gasteiger partial charge in [-0.3, -0.25) is 0 Å². The first-order chi connectivity index (χ1) is 10.6. The third-order valence-corrected chi connectivity index (χ3v) is 3.09. The topological polar surface area (TPSA) is 49.8 Å². The van der Waals surface area contributed by atoms with Crippen molar-refractivity contribution in [3.05, 3.63) is 41.1 Å². The Morgan fingerprint density at radius 1 is 1.04 bits per heavy atom. The van der Waals surface area contributed by atoms with E-state index in [0.717, 1.165) is 17.2 Å². The molecule has 0 saturated carbocycles. The number of aryl methyl sites for hydroxylation is 2. The molecule has 0 amide bonds. The summed E-state index contributed by atoms with van der Waals surface area (Å²) < 4.78 is 39.1. The Morgan fingerprint density at radius 2 is 1.74 bits per heavy atom. The zero-order valence-electron chi connectivity index (χ0n) is 13.4. The Hall–Kier alpha value is -2.31. The minimum atomic E-state index is -4.53.